The fourth-order valence-corrected chi connectivity index (χ4v) is 5.15. The molecule has 1 aliphatic carbocycles. The molecule has 1 aromatic carbocycles. The molecule has 126 valence electrons. The van der Waals surface area contributed by atoms with Crippen molar-refractivity contribution in [3.63, 3.8) is 0 Å². The predicted molar refractivity (Wildman–Crippen MR) is 97.0 cm³/mol. The number of thiophene rings is 1. The first kappa shape index (κ1) is 15.7. The van der Waals surface area contributed by atoms with Crippen LogP contribution in [0.3, 0.4) is 0 Å². The van der Waals surface area contributed by atoms with Gasteiger partial charge < -0.3 is 9.64 Å². The van der Waals surface area contributed by atoms with Crippen LogP contribution in [0.25, 0.3) is 0 Å². The minimum atomic E-state index is 0.173. The van der Waals surface area contributed by atoms with Crippen LogP contribution in [0.15, 0.2) is 30.3 Å². The average molecular weight is 341 g/mol. The molecule has 0 radical (unpaired) electrons. The molecule has 0 saturated carbocycles. The van der Waals surface area contributed by atoms with Crippen molar-refractivity contribution in [2.75, 3.05) is 13.7 Å². The third kappa shape index (κ3) is 2.84. The van der Waals surface area contributed by atoms with Crippen molar-refractivity contribution in [3.8, 4) is 5.75 Å². The van der Waals surface area contributed by atoms with Crippen molar-refractivity contribution in [2.45, 2.75) is 44.6 Å². The normalized spacial score (nSPS) is 20.0. The molecule has 0 bridgehead atoms. The molecule has 1 fully saturated rings. The van der Waals surface area contributed by atoms with Gasteiger partial charge in [0.25, 0.3) is 5.91 Å². The Morgan fingerprint density at radius 1 is 1.21 bits per heavy atom. The van der Waals surface area contributed by atoms with E-state index in [2.05, 4.69) is 23.1 Å². The number of benzene rings is 1. The second-order valence-electron chi connectivity index (χ2n) is 6.70. The Labute approximate surface area is 147 Å². The molecule has 1 amide bonds. The van der Waals surface area contributed by atoms with E-state index in [9.17, 15) is 4.79 Å². The minimum Gasteiger partial charge on any atom is -0.497 e. The van der Waals surface area contributed by atoms with E-state index in [1.807, 2.05) is 12.1 Å². The summed E-state index contributed by atoms with van der Waals surface area (Å²) >= 11 is 1.72. The molecule has 24 heavy (non-hydrogen) atoms. The lowest BCUT2D eigenvalue weighted by Crippen LogP contribution is -2.30. The highest BCUT2D eigenvalue weighted by atomic mass is 32.1. The number of rotatable bonds is 3. The smallest absolute Gasteiger partial charge is 0.264 e. The van der Waals surface area contributed by atoms with Crippen LogP contribution in [0.1, 0.15) is 57.4 Å². The molecular formula is C20H23NO2S. The molecule has 1 aromatic heterocycles. The topological polar surface area (TPSA) is 29.5 Å². The highest BCUT2D eigenvalue weighted by Gasteiger charge is 2.32. The molecule has 2 aliphatic rings. The van der Waals surface area contributed by atoms with E-state index in [0.29, 0.717) is 0 Å². The quantitative estimate of drug-likeness (QED) is 0.816. The molecule has 2 aromatic rings. The molecule has 3 nitrogen and oxygen atoms in total. The standard InChI is InChI=1S/C20H23NO2S/c1-23-16-8-4-7-14(12-16)17-9-5-11-21(17)20(22)19-13-15-6-2-3-10-18(15)24-19/h4,7-8,12-13,17H,2-3,5-6,9-11H2,1H3. The summed E-state index contributed by atoms with van der Waals surface area (Å²) in [6.45, 7) is 0.850. The van der Waals surface area contributed by atoms with Crippen molar-refractivity contribution in [1.82, 2.24) is 4.90 Å². The Hall–Kier alpha value is -1.81. The largest absolute Gasteiger partial charge is 0.497 e. The van der Waals surface area contributed by atoms with Gasteiger partial charge in [0.2, 0.25) is 0 Å². The number of carbonyl (C=O) groups excluding carboxylic acids is 1. The number of hydrogen-bond donors (Lipinski definition) is 0. The third-order valence-corrected chi connectivity index (χ3v) is 6.42. The molecule has 1 saturated heterocycles. The first-order chi connectivity index (χ1) is 11.8. The second-order valence-corrected chi connectivity index (χ2v) is 7.84. The van der Waals surface area contributed by atoms with E-state index in [1.54, 1.807) is 18.4 Å². The fourth-order valence-electron chi connectivity index (χ4n) is 3.94. The zero-order valence-electron chi connectivity index (χ0n) is 14.1. The summed E-state index contributed by atoms with van der Waals surface area (Å²) in [5, 5.41) is 0. The summed E-state index contributed by atoms with van der Waals surface area (Å²) in [4.78, 5) is 17.5. The number of fused-ring (bicyclic) bond motifs is 1. The summed E-state index contributed by atoms with van der Waals surface area (Å²) in [6.07, 6.45) is 6.90. The molecule has 4 rings (SSSR count). The SMILES string of the molecule is COc1cccc(C2CCCN2C(=O)c2cc3c(s2)CCCC3)c1. The van der Waals surface area contributed by atoms with Gasteiger partial charge in [-0.05, 0) is 67.9 Å². The zero-order chi connectivity index (χ0) is 16.5. The number of aryl methyl sites for hydroxylation is 2. The lowest BCUT2D eigenvalue weighted by molar-refractivity contribution is 0.0740. The van der Waals surface area contributed by atoms with Crippen LogP contribution < -0.4 is 4.74 Å². The van der Waals surface area contributed by atoms with Crippen molar-refractivity contribution >= 4 is 17.2 Å². The molecule has 1 unspecified atom stereocenters. The van der Waals surface area contributed by atoms with E-state index >= 15 is 0 Å². The van der Waals surface area contributed by atoms with Crippen LogP contribution in [0.4, 0.5) is 0 Å². The van der Waals surface area contributed by atoms with Crippen LogP contribution >= 0.6 is 11.3 Å². The maximum absolute atomic E-state index is 13.1. The number of nitrogens with zero attached hydrogens (tertiary/aromatic N) is 1. The molecule has 0 spiro atoms. The maximum Gasteiger partial charge on any atom is 0.264 e. The number of ether oxygens (including phenoxy) is 1. The summed E-state index contributed by atoms with van der Waals surface area (Å²) in [5.74, 6) is 1.07. The third-order valence-electron chi connectivity index (χ3n) is 5.20. The van der Waals surface area contributed by atoms with E-state index in [1.165, 1.54) is 28.8 Å². The summed E-state index contributed by atoms with van der Waals surface area (Å²) in [5.41, 5.74) is 2.59. The first-order valence-electron chi connectivity index (χ1n) is 8.83. The van der Waals surface area contributed by atoms with Gasteiger partial charge in [0.1, 0.15) is 5.75 Å². The Balaban J connectivity index is 1.59. The summed E-state index contributed by atoms with van der Waals surface area (Å²) < 4.78 is 5.35. The van der Waals surface area contributed by atoms with Crippen LogP contribution in [-0.2, 0) is 12.8 Å². The van der Waals surface area contributed by atoms with Crippen molar-refractivity contribution < 1.29 is 9.53 Å². The number of carbonyl (C=O) groups is 1. The fraction of sp³-hybridized carbons (Fsp3) is 0.450. The number of amides is 1. The lowest BCUT2D eigenvalue weighted by Gasteiger charge is -2.25. The highest BCUT2D eigenvalue weighted by Crippen LogP contribution is 2.37. The Morgan fingerprint density at radius 3 is 2.92 bits per heavy atom. The van der Waals surface area contributed by atoms with Crippen LogP contribution in [0.2, 0.25) is 0 Å². The molecular weight excluding hydrogens is 318 g/mol. The van der Waals surface area contributed by atoms with Gasteiger partial charge in [-0.3, -0.25) is 4.79 Å². The Kier molecular flexibility index (Phi) is 4.31. The Bertz CT molecular complexity index is 728. The highest BCUT2D eigenvalue weighted by molar-refractivity contribution is 7.14. The van der Waals surface area contributed by atoms with E-state index in [-0.39, 0.29) is 11.9 Å². The van der Waals surface area contributed by atoms with Gasteiger partial charge >= 0.3 is 0 Å². The minimum absolute atomic E-state index is 0.173. The summed E-state index contributed by atoms with van der Waals surface area (Å²) in [7, 11) is 1.69. The van der Waals surface area contributed by atoms with E-state index in [0.717, 1.165) is 42.9 Å². The summed E-state index contributed by atoms with van der Waals surface area (Å²) in [6, 6.07) is 10.5. The van der Waals surface area contributed by atoms with Gasteiger partial charge in [0.15, 0.2) is 0 Å². The van der Waals surface area contributed by atoms with E-state index < -0.39 is 0 Å². The van der Waals surface area contributed by atoms with Crippen LogP contribution in [0, 0.1) is 0 Å². The lowest BCUT2D eigenvalue weighted by atomic mass is 9.99. The van der Waals surface area contributed by atoms with Gasteiger partial charge in [-0.15, -0.1) is 11.3 Å². The van der Waals surface area contributed by atoms with Crippen molar-refractivity contribution in [3.05, 3.63) is 51.2 Å². The van der Waals surface area contributed by atoms with Crippen molar-refractivity contribution in [1.29, 1.82) is 0 Å². The maximum atomic E-state index is 13.1. The Morgan fingerprint density at radius 2 is 2.08 bits per heavy atom. The second kappa shape index (κ2) is 6.60. The van der Waals surface area contributed by atoms with E-state index in [4.69, 9.17) is 4.74 Å². The van der Waals surface area contributed by atoms with Crippen molar-refractivity contribution in [2.24, 2.45) is 0 Å². The predicted octanol–water partition coefficient (Wildman–Crippen LogP) is 4.61. The molecule has 4 heteroatoms. The first-order valence-corrected chi connectivity index (χ1v) is 9.64. The van der Waals surface area contributed by atoms with Crippen LogP contribution in [-0.4, -0.2) is 24.5 Å². The van der Waals surface area contributed by atoms with Gasteiger partial charge in [0, 0.05) is 11.4 Å². The van der Waals surface area contributed by atoms with Crippen LogP contribution in [0.5, 0.6) is 5.75 Å². The molecule has 0 N–H and O–H groups in total. The molecule has 1 aliphatic heterocycles. The number of hydrogen-bond acceptors (Lipinski definition) is 3. The number of likely N-dealkylation sites (tertiary alicyclic amines) is 1. The van der Waals surface area contributed by atoms with Gasteiger partial charge in [-0.25, -0.2) is 0 Å². The average Bonchev–Trinajstić information content (AvgIpc) is 3.28. The van der Waals surface area contributed by atoms with Gasteiger partial charge in [-0.2, -0.15) is 0 Å². The van der Waals surface area contributed by atoms with Gasteiger partial charge in [-0.1, -0.05) is 12.1 Å². The molecule has 1 atom stereocenters. The number of methoxy groups -OCH3 is 1. The zero-order valence-corrected chi connectivity index (χ0v) is 14.9. The monoisotopic (exact) mass is 341 g/mol. The van der Waals surface area contributed by atoms with Gasteiger partial charge in [0.05, 0.1) is 18.0 Å². The molecule has 2 heterocycles.